The molecule has 2 N–H and O–H groups in total. The Kier molecular flexibility index (Phi) is 3.71. The lowest BCUT2D eigenvalue weighted by atomic mass is 10.2. The van der Waals surface area contributed by atoms with Gasteiger partial charge in [0.15, 0.2) is 17.0 Å². The third-order valence-electron chi connectivity index (χ3n) is 2.35. The summed E-state index contributed by atoms with van der Waals surface area (Å²) in [7, 11) is 0. The Balaban J connectivity index is 1.89. The Morgan fingerprint density at radius 3 is 3.06 bits per heavy atom. The molecule has 0 spiro atoms. The molecule has 0 radical (unpaired) electrons. The molecule has 0 aromatic heterocycles. The van der Waals surface area contributed by atoms with E-state index < -0.39 is 0 Å². The molecule has 2 heterocycles. The molecule has 0 bridgehead atoms. The monoisotopic (exact) mass is 237 g/mol. The van der Waals surface area contributed by atoms with Crippen LogP contribution in [0, 0.1) is 0 Å². The van der Waals surface area contributed by atoms with E-state index in [0.29, 0.717) is 11.7 Å². The Bertz CT molecular complexity index is 383. The summed E-state index contributed by atoms with van der Waals surface area (Å²) in [5.41, 5.74) is 5.72. The van der Waals surface area contributed by atoms with Gasteiger partial charge in [0.25, 0.3) is 0 Å². The highest BCUT2D eigenvalue weighted by atomic mass is 32.2. The van der Waals surface area contributed by atoms with E-state index in [1.54, 1.807) is 11.8 Å². The summed E-state index contributed by atoms with van der Waals surface area (Å²) >= 11 is 1.67. The normalized spacial score (nSPS) is 22.6. The Labute approximate surface area is 99.1 Å². The van der Waals surface area contributed by atoms with Crippen molar-refractivity contribution >= 4 is 34.9 Å². The minimum Gasteiger partial charge on any atom is -0.385 e. The maximum absolute atomic E-state index is 5.72. The van der Waals surface area contributed by atoms with Crippen molar-refractivity contribution in [3.8, 4) is 0 Å². The molecule has 0 amide bonds. The van der Waals surface area contributed by atoms with Crippen molar-refractivity contribution in [3.63, 3.8) is 0 Å². The maximum atomic E-state index is 5.72. The topological polar surface area (TPSA) is 75.5 Å². The number of nitrogens with two attached hydrogens (primary N) is 1. The molecule has 0 aliphatic carbocycles. The smallest absolute Gasteiger partial charge is 0.185 e. The number of unbranched alkanes of at least 4 members (excludes halogenated alkanes) is 2. The molecule has 0 saturated heterocycles. The van der Waals surface area contributed by atoms with Gasteiger partial charge in [-0.3, -0.25) is 0 Å². The van der Waals surface area contributed by atoms with E-state index in [4.69, 9.17) is 5.73 Å². The minimum atomic E-state index is -0.237. The number of fused-ring (bicyclic) bond motifs is 1. The second-order valence-corrected chi connectivity index (χ2v) is 4.70. The van der Waals surface area contributed by atoms with Gasteiger partial charge in [-0.25, -0.2) is 20.0 Å². The van der Waals surface area contributed by atoms with Crippen LogP contribution in [0.15, 0.2) is 20.0 Å². The Morgan fingerprint density at radius 2 is 2.31 bits per heavy atom. The van der Waals surface area contributed by atoms with Crippen molar-refractivity contribution in [2.45, 2.75) is 32.2 Å². The molecule has 16 heavy (non-hydrogen) atoms. The first-order valence-corrected chi connectivity index (χ1v) is 6.44. The number of nitrogens with zero attached hydrogens (tertiary/aromatic N) is 4. The fraction of sp³-hybridized carbons (Fsp3) is 0.600. The van der Waals surface area contributed by atoms with Gasteiger partial charge in [0.05, 0.1) is 0 Å². The largest absolute Gasteiger partial charge is 0.385 e. The molecule has 5 nitrogen and oxygen atoms in total. The molecular formula is C10H15N5S. The lowest BCUT2D eigenvalue weighted by Crippen LogP contribution is -2.34. The van der Waals surface area contributed by atoms with Crippen LogP contribution in [0.5, 0.6) is 0 Å². The SMILES string of the molecule is CCCCCSC1=NC2C(N)=NC=NC2=N1. The van der Waals surface area contributed by atoms with Gasteiger partial charge in [-0.05, 0) is 6.42 Å². The third-order valence-corrected chi connectivity index (χ3v) is 3.30. The second-order valence-electron chi connectivity index (χ2n) is 3.64. The summed E-state index contributed by atoms with van der Waals surface area (Å²) in [6, 6.07) is -0.237. The van der Waals surface area contributed by atoms with Crippen LogP contribution in [0.2, 0.25) is 0 Å². The number of rotatable bonds is 4. The molecular weight excluding hydrogens is 222 g/mol. The summed E-state index contributed by atoms with van der Waals surface area (Å²) in [6.07, 6.45) is 5.11. The first-order valence-electron chi connectivity index (χ1n) is 5.46. The zero-order valence-electron chi connectivity index (χ0n) is 9.26. The van der Waals surface area contributed by atoms with Gasteiger partial charge in [0, 0.05) is 5.75 Å². The van der Waals surface area contributed by atoms with Gasteiger partial charge < -0.3 is 5.73 Å². The van der Waals surface area contributed by atoms with Crippen molar-refractivity contribution in [2.75, 3.05) is 5.75 Å². The van der Waals surface area contributed by atoms with Crippen molar-refractivity contribution < 1.29 is 0 Å². The summed E-state index contributed by atoms with van der Waals surface area (Å²) in [5, 5.41) is 0.785. The summed E-state index contributed by atoms with van der Waals surface area (Å²) < 4.78 is 0. The fourth-order valence-corrected chi connectivity index (χ4v) is 2.33. The van der Waals surface area contributed by atoms with Gasteiger partial charge >= 0.3 is 0 Å². The van der Waals surface area contributed by atoms with Gasteiger partial charge in [-0.1, -0.05) is 31.5 Å². The number of aliphatic imine (C=N–C) groups is 4. The first-order chi connectivity index (χ1) is 7.81. The maximum Gasteiger partial charge on any atom is 0.185 e. The number of amidine groups is 3. The van der Waals surface area contributed by atoms with Crippen molar-refractivity contribution in [3.05, 3.63) is 0 Å². The molecule has 2 aliphatic heterocycles. The van der Waals surface area contributed by atoms with Crippen LogP contribution in [-0.2, 0) is 0 Å². The summed E-state index contributed by atoms with van der Waals surface area (Å²) in [6.45, 7) is 2.19. The van der Waals surface area contributed by atoms with Gasteiger partial charge in [0.1, 0.15) is 12.2 Å². The average Bonchev–Trinajstić information content (AvgIpc) is 2.69. The molecule has 0 aromatic rings. The molecule has 0 aromatic carbocycles. The van der Waals surface area contributed by atoms with E-state index in [0.717, 1.165) is 10.9 Å². The second kappa shape index (κ2) is 5.25. The number of hydrogen-bond acceptors (Lipinski definition) is 6. The van der Waals surface area contributed by atoms with Crippen LogP contribution in [0.3, 0.4) is 0 Å². The Morgan fingerprint density at radius 1 is 1.44 bits per heavy atom. The van der Waals surface area contributed by atoms with Crippen molar-refractivity contribution in [2.24, 2.45) is 25.7 Å². The van der Waals surface area contributed by atoms with E-state index in [1.165, 1.54) is 25.6 Å². The highest BCUT2D eigenvalue weighted by molar-refractivity contribution is 8.13. The van der Waals surface area contributed by atoms with Gasteiger partial charge in [-0.2, -0.15) is 0 Å². The molecule has 2 rings (SSSR count). The zero-order chi connectivity index (χ0) is 11.4. The van der Waals surface area contributed by atoms with Crippen LogP contribution >= 0.6 is 11.8 Å². The number of hydrogen-bond donors (Lipinski definition) is 1. The van der Waals surface area contributed by atoms with Crippen LogP contribution in [0.4, 0.5) is 0 Å². The fourth-order valence-electron chi connectivity index (χ4n) is 1.46. The highest BCUT2D eigenvalue weighted by Crippen LogP contribution is 2.18. The van der Waals surface area contributed by atoms with E-state index in [1.807, 2.05) is 0 Å². The third kappa shape index (κ3) is 2.49. The highest BCUT2D eigenvalue weighted by Gasteiger charge is 2.27. The lowest BCUT2D eigenvalue weighted by Gasteiger charge is -2.08. The summed E-state index contributed by atoms with van der Waals surface area (Å²) in [5.74, 6) is 2.21. The molecule has 6 heteroatoms. The molecule has 2 aliphatic rings. The molecule has 0 fully saturated rings. The summed E-state index contributed by atoms with van der Waals surface area (Å²) in [4.78, 5) is 16.7. The van der Waals surface area contributed by atoms with Crippen LogP contribution < -0.4 is 5.73 Å². The van der Waals surface area contributed by atoms with Crippen molar-refractivity contribution in [1.29, 1.82) is 0 Å². The Hall–Kier alpha value is -1.17. The predicted molar refractivity (Wildman–Crippen MR) is 70.8 cm³/mol. The lowest BCUT2D eigenvalue weighted by molar-refractivity contribution is 0.779. The van der Waals surface area contributed by atoms with E-state index in [-0.39, 0.29) is 6.04 Å². The molecule has 0 saturated carbocycles. The molecule has 86 valence electrons. The van der Waals surface area contributed by atoms with Crippen LogP contribution in [-0.4, -0.2) is 35.0 Å². The van der Waals surface area contributed by atoms with Gasteiger partial charge in [-0.15, -0.1) is 0 Å². The van der Waals surface area contributed by atoms with E-state index in [2.05, 4.69) is 26.9 Å². The van der Waals surface area contributed by atoms with Crippen LogP contribution in [0.1, 0.15) is 26.2 Å². The van der Waals surface area contributed by atoms with E-state index in [9.17, 15) is 0 Å². The van der Waals surface area contributed by atoms with E-state index >= 15 is 0 Å². The number of thioether (sulfide) groups is 1. The zero-order valence-corrected chi connectivity index (χ0v) is 10.1. The van der Waals surface area contributed by atoms with Gasteiger partial charge in [0.2, 0.25) is 0 Å². The van der Waals surface area contributed by atoms with Crippen LogP contribution in [0.25, 0.3) is 0 Å². The standard InChI is InChI=1S/C10H15N5S/c1-2-3-4-5-16-10-14-7-8(11)12-6-13-9(7)15-10/h6-7H,2-5H2,1H3,(H2,11,12,13,14,15). The minimum absolute atomic E-state index is 0.237. The molecule has 1 unspecified atom stereocenters. The average molecular weight is 237 g/mol. The quantitative estimate of drug-likeness (QED) is 0.751. The predicted octanol–water partition coefficient (Wildman–Crippen LogP) is 1.45. The van der Waals surface area contributed by atoms with Crippen molar-refractivity contribution in [1.82, 2.24) is 0 Å². The molecule has 1 atom stereocenters. The first kappa shape index (κ1) is 11.3.